The molecule has 1 aromatic carbocycles. The summed E-state index contributed by atoms with van der Waals surface area (Å²) in [5.41, 5.74) is 6.11. The molecule has 0 aromatic heterocycles. The summed E-state index contributed by atoms with van der Waals surface area (Å²) >= 11 is 4.84. The second-order valence-corrected chi connectivity index (χ2v) is 4.17. The Hall–Kier alpha value is -1.42. The maximum absolute atomic E-state index is 11.1. The first kappa shape index (κ1) is 12.6. The third-order valence-corrected chi connectivity index (χ3v) is 2.63. The Labute approximate surface area is 101 Å². The maximum Gasteiger partial charge on any atom is 0.159 e. The van der Waals surface area contributed by atoms with E-state index < -0.39 is 0 Å². The molecule has 0 saturated heterocycles. The average molecular weight is 237 g/mol. The van der Waals surface area contributed by atoms with Crippen LogP contribution in [0.3, 0.4) is 0 Å². The highest BCUT2D eigenvalue weighted by atomic mass is 32.1. The molecule has 3 nitrogen and oxygen atoms in total. The molecule has 86 valence electrons. The Balaban J connectivity index is 2.64. The number of benzene rings is 1. The number of ketones is 1. The molecule has 2 N–H and O–H groups in total. The molecule has 4 heteroatoms. The Morgan fingerprint density at radius 2 is 2.25 bits per heavy atom. The Morgan fingerprint density at radius 1 is 1.56 bits per heavy atom. The molecule has 1 aromatic rings. The van der Waals surface area contributed by atoms with Crippen LogP contribution in [0.15, 0.2) is 24.3 Å². The van der Waals surface area contributed by atoms with E-state index in [1.807, 2.05) is 6.92 Å². The monoisotopic (exact) mass is 237 g/mol. The number of rotatable bonds is 5. The minimum absolute atomic E-state index is 0.0212. The normalized spacial score (nSPS) is 11.9. The van der Waals surface area contributed by atoms with Crippen LogP contribution in [0.1, 0.15) is 24.2 Å². The molecule has 0 aliphatic carbocycles. The molecule has 1 unspecified atom stereocenters. The van der Waals surface area contributed by atoms with Gasteiger partial charge in [0.2, 0.25) is 0 Å². The minimum atomic E-state index is 0.0212. The van der Waals surface area contributed by atoms with Gasteiger partial charge in [0.15, 0.2) is 5.78 Å². The fourth-order valence-corrected chi connectivity index (χ4v) is 1.18. The number of ether oxygens (including phenoxy) is 1. The molecule has 0 spiro atoms. The van der Waals surface area contributed by atoms with Crippen LogP contribution in [0.5, 0.6) is 5.75 Å². The van der Waals surface area contributed by atoms with E-state index in [1.165, 1.54) is 6.92 Å². The predicted octanol–water partition coefficient (Wildman–Crippen LogP) is 2.19. The predicted molar refractivity (Wildman–Crippen MR) is 67.9 cm³/mol. The number of thiocarbonyl (C=S) groups is 1. The highest BCUT2D eigenvalue weighted by Gasteiger charge is 2.06. The number of carbonyl (C=O) groups excluding carboxylic acids is 1. The molecular weight excluding hydrogens is 222 g/mol. The van der Waals surface area contributed by atoms with Crippen LogP contribution in [-0.2, 0) is 0 Å². The van der Waals surface area contributed by atoms with E-state index in [0.29, 0.717) is 22.9 Å². The van der Waals surface area contributed by atoms with Crippen molar-refractivity contribution >= 4 is 23.0 Å². The molecule has 0 saturated carbocycles. The molecule has 0 radical (unpaired) electrons. The minimum Gasteiger partial charge on any atom is -0.493 e. The number of hydrogen-bond donors (Lipinski definition) is 1. The summed E-state index contributed by atoms with van der Waals surface area (Å²) in [5, 5.41) is 0. The number of carbonyl (C=O) groups is 1. The second-order valence-electron chi connectivity index (χ2n) is 3.70. The lowest BCUT2D eigenvalue weighted by molar-refractivity contribution is 0.101. The molecule has 0 amide bonds. The molecule has 16 heavy (non-hydrogen) atoms. The molecular formula is C12H15NO2S. The molecule has 0 aliphatic rings. The van der Waals surface area contributed by atoms with Crippen molar-refractivity contribution in [1.29, 1.82) is 0 Å². The average Bonchev–Trinajstić information content (AvgIpc) is 2.26. The summed E-state index contributed by atoms with van der Waals surface area (Å²) in [6, 6.07) is 7.07. The van der Waals surface area contributed by atoms with Crippen molar-refractivity contribution in [3.8, 4) is 5.75 Å². The van der Waals surface area contributed by atoms with Crippen LogP contribution >= 0.6 is 12.2 Å². The topological polar surface area (TPSA) is 52.3 Å². The van der Waals surface area contributed by atoms with Crippen LogP contribution in [0, 0.1) is 5.92 Å². The van der Waals surface area contributed by atoms with Gasteiger partial charge < -0.3 is 10.5 Å². The highest BCUT2D eigenvalue weighted by molar-refractivity contribution is 7.80. The number of Topliss-reactive ketones (excluding diaryl/α,β-unsaturated/α-hetero) is 1. The fraction of sp³-hybridized carbons (Fsp3) is 0.333. The van der Waals surface area contributed by atoms with Crippen LogP contribution in [-0.4, -0.2) is 17.4 Å². The van der Waals surface area contributed by atoms with Crippen molar-refractivity contribution in [2.24, 2.45) is 11.7 Å². The molecule has 0 bridgehead atoms. The van der Waals surface area contributed by atoms with Gasteiger partial charge in [-0.15, -0.1) is 0 Å². The zero-order chi connectivity index (χ0) is 12.1. The lowest BCUT2D eigenvalue weighted by Crippen LogP contribution is -2.24. The summed E-state index contributed by atoms with van der Waals surface area (Å²) in [4.78, 5) is 11.6. The SMILES string of the molecule is CC(=O)c1cccc(OCC(C)C(N)=S)c1. The molecule has 0 aliphatic heterocycles. The van der Waals surface area contributed by atoms with Gasteiger partial charge in [0.1, 0.15) is 5.75 Å². The Morgan fingerprint density at radius 3 is 2.81 bits per heavy atom. The Bertz CT molecular complexity index is 404. The van der Waals surface area contributed by atoms with Gasteiger partial charge in [-0.25, -0.2) is 0 Å². The van der Waals surface area contributed by atoms with Gasteiger partial charge in [0, 0.05) is 11.5 Å². The van der Waals surface area contributed by atoms with E-state index in [0.717, 1.165) is 0 Å². The van der Waals surface area contributed by atoms with Gasteiger partial charge in [-0.3, -0.25) is 4.79 Å². The van der Waals surface area contributed by atoms with Crippen molar-refractivity contribution in [2.75, 3.05) is 6.61 Å². The summed E-state index contributed by atoms with van der Waals surface area (Å²) in [6.07, 6.45) is 0. The summed E-state index contributed by atoms with van der Waals surface area (Å²) in [7, 11) is 0. The van der Waals surface area contributed by atoms with Gasteiger partial charge in [-0.2, -0.15) is 0 Å². The van der Waals surface area contributed by atoms with Gasteiger partial charge >= 0.3 is 0 Å². The first-order valence-corrected chi connectivity index (χ1v) is 5.44. The third-order valence-electron chi connectivity index (χ3n) is 2.23. The van der Waals surface area contributed by atoms with Gasteiger partial charge in [-0.1, -0.05) is 31.3 Å². The van der Waals surface area contributed by atoms with Crippen LogP contribution < -0.4 is 10.5 Å². The van der Waals surface area contributed by atoms with Gasteiger partial charge in [0.05, 0.1) is 11.6 Å². The first-order valence-electron chi connectivity index (χ1n) is 5.04. The lowest BCUT2D eigenvalue weighted by atomic mass is 10.1. The van der Waals surface area contributed by atoms with Crippen molar-refractivity contribution in [1.82, 2.24) is 0 Å². The van der Waals surface area contributed by atoms with Crippen molar-refractivity contribution in [3.63, 3.8) is 0 Å². The number of hydrogen-bond acceptors (Lipinski definition) is 3. The highest BCUT2D eigenvalue weighted by Crippen LogP contribution is 2.14. The van der Waals surface area contributed by atoms with Gasteiger partial charge in [-0.05, 0) is 19.1 Å². The van der Waals surface area contributed by atoms with Crippen LogP contribution in [0.25, 0.3) is 0 Å². The van der Waals surface area contributed by atoms with E-state index in [4.69, 9.17) is 22.7 Å². The second kappa shape index (κ2) is 5.61. The largest absolute Gasteiger partial charge is 0.493 e. The Kier molecular flexibility index (Phi) is 4.43. The molecule has 0 fully saturated rings. The van der Waals surface area contributed by atoms with Crippen molar-refractivity contribution in [3.05, 3.63) is 29.8 Å². The zero-order valence-electron chi connectivity index (χ0n) is 9.40. The quantitative estimate of drug-likeness (QED) is 0.630. The summed E-state index contributed by atoms with van der Waals surface area (Å²) in [5.74, 6) is 0.708. The third kappa shape index (κ3) is 3.62. The first-order chi connectivity index (χ1) is 7.50. The molecule has 1 atom stereocenters. The maximum atomic E-state index is 11.1. The van der Waals surface area contributed by atoms with E-state index in [-0.39, 0.29) is 11.7 Å². The van der Waals surface area contributed by atoms with E-state index >= 15 is 0 Å². The number of nitrogens with two attached hydrogens (primary N) is 1. The van der Waals surface area contributed by atoms with Crippen molar-refractivity contribution in [2.45, 2.75) is 13.8 Å². The van der Waals surface area contributed by atoms with E-state index in [1.54, 1.807) is 24.3 Å². The zero-order valence-corrected chi connectivity index (χ0v) is 10.2. The van der Waals surface area contributed by atoms with Crippen molar-refractivity contribution < 1.29 is 9.53 Å². The van der Waals surface area contributed by atoms with Crippen LogP contribution in [0.2, 0.25) is 0 Å². The lowest BCUT2D eigenvalue weighted by Gasteiger charge is -2.11. The standard InChI is InChI=1S/C12H15NO2S/c1-8(12(13)16)7-15-11-5-3-4-10(6-11)9(2)14/h3-6,8H,7H2,1-2H3,(H2,13,16). The van der Waals surface area contributed by atoms with Crippen LogP contribution in [0.4, 0.5) is 0 Å². The summed E-state index contributed by atoms with van der Waals surface area (Å²) in [6.45, 7) is 3.85. The van der Waals surface area contributed by atoms with E-state index in [9.17, 15) is 4.79 Å². The van der Waals surface area contributed by atoms with E-state index in [2.05, 4.69) is 0 Å². The summed E-state index contributed by atoms with van der Waals surface area (Å²) < 4.78 is 5.50. The van der Waals surface area contributed by atoms with Gasteiger partial charge in [0.25, 0.3) is 0 Å². The smallest absolute Gasteiger partial charge is 0.159 e. The molecule has 1 rings (SSSR count). The molecule has 0 heterocycles. The fourth-order valence-electron chi connectivity index (χ4n) is 1.11.